The molecule has 94 valence electrons. The number of methoxy groups -OCH3 is 1. The minimum absolute atomic E-state index is 0.181. The molecule has 5 heteroatoms. The van der Waals surface area contributed by atoms with Crippen LogP contribution in [0.15, 0.2) is 24.8 Å². The van der Waals surface area contributed by atoms with Crippen molar-refractivity contribution in [1.82, 2.24) is 4.90 Å². The van der Waals surface area contributed by atoms with Crippen molar-refractivity contribution in [3.63, 3.8) is 0 Å². The molecule has 0 unspecified atom stereocenters. The molecule has 0 aromatic rings. The maximum Gasteiger partial charge on any atom is 0.330 e. The molecule has 5 nitrogen and oxygen atoms in total. The molecular formula is C12H17NO4. The van der Waals surface area contributed by atoms with Gasteiger partial charge >= 0.3 is 5.97 Å². The monoisotopic (exact) mass is 239 g/mol. The number of amides is 1. The van der Waals surface area contributed by atoms with Crippen LogP contribution in [0.5, 0.6) is 0 Å². The molecule has 1 aliphatic rings. The van der Waals surface area contributed by atoms with Crippen LogP contribution in [0.3, 0.4) is 0 Å². The highest BCUT2D eigenvalue weighted by atomic mass is 16.5. The standard InChI is InChI=1S/C12H17NO4/c1-5-9-8-17-12(2,3)13(9)10(14)6-7-11(15)16-4/h5-7,9H,1,8H2,2-4H3/b7-6+/t9-/m0/s1. The van der Waals surface area contributed by atoms with E-state index in [1.165, 1.54) is 13.2 Å². The Morgan fingerprint density at radius 2 is 2.12 bits per heavy atom. The van der Waals surface area contributed by atoms with Gasteiger partial charge in [0.15, 0.2) is 0 Å². The van der Waals surface area contributed by atoms with Gasteiger partial charge in [0, 0.05) is 12.2 Å². The third kappa shape index (κ3) is 2.94. The van der Waals surface area contributed by atoms with Gasteiger partial charge in [-0.05, 0) is 13.8 Å². The van der Waals surface area contributed by atoms with Crippen LogP contribution in [-0.2, 0) is 19.1 Å². The number of hydrogen-bond donors (Lipinski definition) is 0. The molecule has 1 aliphatic heterocycles. The summed E-state index contributed by atoms with van der Waals surface area (Å²) in [5, 5.41) is 0. The van der Waals surface area contributed by atoms with Crippen molar-refractivity contribution < 1.29 is 19.1 Å². The van der Waals surface area contributed by atoms with Crippen LogP contribution in [0.25, 0.3) is 0 Å². The van der Waals surface area contributed by atoms with Crippen molar-refractivity contribution >= 4 is 11.9 Å². The number of hydrogen-bond acceptors (Lipinski definition) is 4. The van der Waals surface area contributed by atoms with E-state index in [-0.39, 0.29) is 11.9 Å². The van der Waals surface area contributed by atoms with E-state index in [1.54, 1.807) is 24.8 Å². The Morgan fingerprint density at radius 3 is 2.65 bits per heavy atom. The summed E-state index contributed by atoms with van der Waals surface area (Å²) in [6, 6.07) is -0.181. The zero-order valence-corrected chi connectivity index (χ0v) is 10.3. The van der Waals surface area contributed by atoms with Crippen molar-refractivity contribution in [2.45, 2.75) is 25.6 Å². The van der Waals surface area contributed by atoms with E-state index < -0.39 is 11.7 Å². The second-order valence-electron chi connectivity index (χ2n) is 4.13. The van der Waals surface area contributed by atoms with Gasteiger partial charge in [0.2, 0.25) is 5.91 Å². The van der Waals surface area contributed by atoms with Gasteiger partial charge in [-0.25, -0.2) is 4.79 Å². The third-order valence-electron chi connectivity index (χ3n) is 2.59. The van der Waals surface area contributed by atoms with Crippen molar-refractivity contribution in [1.29, 1.82) is 0 Å². The van der Waals surface area contributed by atoms with Crippen LogP contribution < -0.4 is 0 Å². The van der Waals surface area contributed by atoms with Crippen LogP contribution in [0, 0.1) is 0 Å². The molecule has 0 N–H and O–H groups in total. The van der Waals surface area contributed by atoms with Gasteiger partial charge in [-0.3, -0.25) is 4.79 Å². The second kappa shape index (κ2) is 5.14. The summed E-state index contributed by atoms with van der Waals surface area (Å²) in [6.07, 6.45) is 3.92. The number of carbonyl (C=O) groups excluding carboxylic acids is 2. The maximum absolute atomic E-state index is 12.0. The largest absolute Gasteiger partial charge is 0.466 e. The Labute approximate surface area is 101 Å². The molecule has 0 bridgehead atoms. The Balaban J connectivity index is 2.82. The van der Waals surface area contributed by atoms with E-state index in [0.29, 0.717) is 6.61 Å². The van der Waals surface area contributed by atoms with E-state index in [9.17, 15) is 9.59 Å². The quantitative estimate of drug-likeness (QED) is 0.416. The molecule has 17 heavy (non-hydrogen) atoms. The van der Waals surface area contributed by atoms with Gasteiger partial charge in [-0.1, -0.05) is 6.08 Å². The fraction of sp³-hybridized carbons (Fsp3) is 0.500. The van der Waals surface area contributed by atoms with Crippen LogP contribution in [0.1, 0.15) is 13.8 Å². The molecule has 0 aromatic heterocycles. The first-order valence-corrected chi connectivity index (χ1v) is 5.28. The summed E-state index contributed by atoms with van der Waals surface area (Å²) in [5.41, 5.74) is -0.698. The molecule has 1 amide bonds. The van der Waals surface area contributed by atoms with Crippen LogP contribution in [-0.4, -0.2) is 42.3 Å². The van der Waals surface area contributed by atoms with Crippen LogP contribution >= 0.6 is 0 Å². The highest BCUT2D eigenvalue weighted by molar-refractivity contribution is 5.95. The maximum atomic E-state index is 12.0. The topological polar surface area (TPSA) is 55.8 Å². The lowest BCUT2D eigenvalue weighted by atomic mass is 10.2. The van der Waals surface area contributed by atoms with Gasteiger partial charge < -0.3 is 14.4 Å². The lowest BCUT2D eigenvalue weighted by molar-refractivity contribution is -0.141. The first-order chi connectivity index (χ1) is 7.92. The number of nitrogens with zero attached hydrogens (tertiary/aromatic N) is 1. The molecule has 1 heterocycles. The lowest BCUT2D eigenvalue weighted by Gasteiger charge is -2.31. The van der Waals surface area contributed by atoms with E-state index in [0.717, 1.165) is 6.08 Å². The number of esters is 1. The number of ether oxygens (including phenoxy) is 2. The molecule has 1 rings (SSSR count). The fourth-order valence-electron chi connectivity index (χ4n) is 1.72. The average Bonchev–Trinajstić information content (AvgIpc) is 2.60. The average molecular weight is 239 g/mol. The van der Waals surface area contributed by atoms with Crippen LogP contribution in [0.4, 0.5) is 0 Å². The van der Waals surface area contributed by atoms with Gasteiger partial charge in [-0.15, -0.1) is 6.58 Å². The Hall–Kier alpha value is -1.62. The summed E-state index contributed by atoms with van der Waals surface area (Å²) >= 11 is 0. The van der Waals surface area contributed by atoms with Gasteiger partial charge in [-0.2, -0.15) is 0 Å². The normalized spacial score (nSPS) is 22.8. The molecule has 1 atom stereocenters. The summed E-state index contributed by atoms with van der Waals surface area (Å²) in [7, 11) is 1.26. The summed E-state index contributed by atoms with van der Waals surface area (Å²) in [4.78, 5) is 24.4. The molecule has 0 radical (unpaired) electrons. The first-order valence-electron chi connectivity index (χ1n) is 5.28. The Kier molecular flexibility index (Phi) is 4.07. The molecule has 0 saturated carbocycles. The fourth-order valence-corrected chi connectivity index (χ4v) is 1.72. The predicted octanol–water partition coefficient (Wildman–Crippen LogP) is 0.865. The van der Waals surface area contributed by atoms with Gasteiger partial charge in [0.05, 0.1) is 19.8 Å². The zero-order chi connectivity index (χ0) is 13.1. The number of rotatable bonds is 3. The molecule has 0 aliphatic carbocycles. The highest BCUT2D eigenvalue weighted by Gasteiger charge is 2.41. The van der Waals surface area contributed by atoms with Crippen LogP contribution in [0.2, 0.25) is 0 Å². The minimum atomic E-state index is -0.698. The minimum Gasteiger partial charge on any atom is -0.466 e. The first kappa shape index (κ1) is 13.4. The summed E-state index contributed by atoms with van der Waals surface area (Å²) in [5.74, 6) is -0.866. The zero-order valence-electron chi connectivity index (χ0n) is 10.3. The molecule has 1 fully saturated rings. The molecule has 0 spiro atoms. The summed E-state index contributed by atoms with van der Waals surface area (Å²) in [6.45, 7) is 7.66. The molecule has 0 aromatic carbocycles. The Morgan fingerprint density at radius 1 is 1.47 bits per heavy atom. The van der Waals surface area contributed by atoms with E-state index in [4.69, 9.17) is 4.74 Å². The van der Waals surface area contributed by atoms with Gasteiger partial charge in [0.1, 0.15) is 5.72 Å². The third-order valence-corrected chi connectivity index (χ3v) is 2.59. The summed E-state index contributed by atoms with van der Waals surface area (Å²) < 4.78 is 9.91. The van der Waals surface area contributed by atoms with Crippen molar-refractivity contribution in [2.75, 3.05) is 13.7 Å². The van der Waals surface area contributed by atoms with Crippen molar-refractivity contribution in [2.24, 2.45) is 0 Å². The van der Waals surface area contributed by atoms with Crippen molar-refractivity contribution in [3.05, 3.63) is 24.8 Å². The SMILES string of the molecule is C=C[C@H]1COC(C)(C)N1C(=O)/C=C/C(=O)OC. The highest BCUT2D eigenvalue weighted by Crippen LogP contribution is 2.27. The predicted molar refractivity (Wildman–Crippen MR) is 62.0 cm³/mol. The Bertz CT molecular complexity index is 360. The smallest absolute Gasteiger partial charge is 0.330 e. The van der Waals surface area contributed by atoms with E-state index in [2.05, 4.69) is 11.3 Å². The molecular weight excluding hydrogens is 222 g/mol. The van der Waals surface area contributed by atoms with E-state index >= 15 is 0 Å². The second-order valence-corrected chi connectivity index (χ2v) is 4.13. The molecule has 1 saturated heterocycles. The number of carbonyl (C=O) groups is 2. The van der Waals surface area contributed by atoms with E-state index in [1.807, 2.05) is 0 Å². The van der Waals surface area contributed by atoms with Gasteiger partial charge in [0.25, 0.3) is 0 Å². The lowest BCUT2D eigenvalue weighted by Crippen LogP contribution is -2.46. The van der Waals surface area contributed by atoms with Crippen molar-refractivity contribution in [3.8, 4) is 0 Å².